The summed E-state index contributed by atoms with van der Waals surface area (Å²) < 4.78 is 39.0. The maximum absolute atomic E-state index is 13.8. The number of aliphatic hydroxyl groups is 4. The number of hydrogen-bond donors (Lipinski definition) is 7. The van der Waals surface area contributed by atoms with Gasteiger partial charge in [-0.2, -0.15) is 0 Å². The largest absolute Gasteiger partial charge is 0.507 e. The lowest BCUT2D eigenvalue weighted by Crippen LogP contribution is -2.53. The van der Waals surface area contributed by atoms with Crippen LogP contribution in [0.4, 0.5) is 0 Å². The van der Waals surface area contributed by atoms with Crippen molar-refractivity contribution in [2.75, 3.05) is 13.6 Å². The third-order valence-electron chi connectivity index (χ3n) is 7.86. The minimum absolute atomic E-state index is 0.0172. The molecule has 0 saturated carbocycles. The molecule has 39 heavy (non-hydrogen) atoms. The first-order chi connectivity index (χ1) is 19.6. The Labute approximate surface area is 227 Å². The van der Waals surface area contributed by atoms with Crippen LogP contribution in [0.3, 0.4) is 0 Å². The van der Waals surface area contributed by atoms with E-state index in [0.717, 1.165) is 0 Å². The molecule has 2 aliphatic carbocycles. The van der Waals surface area contributed by atoms with Gasteiger partial charge in [-0.1, -0.05) is 12.1 Å². The highest BCUT2D eigenvalue weighted by molar-refractivity contribution is 6.31. The van der Waals surface area contributed by atoms with Crippen LogP contribution in [0.15, 0.2) is 18.2 Å². The summed E-state index contributed by atoms with van der Waals surface area (Å²) in [6, 6.07) is 2.94. The van der Waals surface area contributed by atoms with Crippen molar-refractivity contribution in [1.29, 1.82) is 0 Å². The van der Waals surface area contributed by atoms with Crippen molar-refractivity contribution < 1.29 is 58.6 Å². The van der Waals surface area contributed by atoms with Crippen LogP contribution in [0, 0.1) is 0 Å². The van der Waals surface area contributed by atoms with Crippen molar-refractivity contribution in [3.63, 3.8) is 0 Å². The SMILES string of the molecule is [2H][13C]([2H])([2H])Oc1cccc2c1C(=O)c1c(O)c3c(c(O)c1C2=O)C[C@@](O)([C@@H](O)CO)C[C@@H]3O[C@H]1C[C@H](N)[C@H](O)[C@H](C)O1. The van der Waals surface area contributed by atoms with Crippen molar-refractivity contribution >= 4 is 11.6 Å². The monoisotopic (exact) mass is 549 g/mol. The third kappa shape index (κ3) is 4.19. The van der Waals surface area contributed by atoms with Crippen LogP contribution < -0.4 is 10.5 Å². The van der Waals surface area contributed by atoms with Crippen molar-refractivity contribution in [2.45, 2.75) is 68.5 Å². The first kappa shape index (κ1) is 23.8. The standard InChI is InChI=1S/C27H31NO11/c1-10-22(31)13(28)6-17(38-10)39-15-8-27(36,16(30)9-29)7-12-19(15)26(35)21-20(24(12)33)23(32)11-4-3-5-14(37-2)18(11)25(21)34/h3-5,10,13,15-17,22,29-31,33,35-36H,6-9,28H2,1-2H3/t10-,13-,15-,16-,17-,22+,27-/m0/s1/i2+1D3. The second-order valence-electron chi connectivity index (χ2n) is 10.2. The van der Waals surface area contributed by atoms with E-state index >= 15 is 0 Å². The van der Waals surface area contributed by atoms with Crippen LogP contribution in [0.2, 0.25) is 0 Å². The van der Waals surface area contributed by atoms with Gasteiger partial charge in [-0.25, -0.2) is 0 Å². The first-order valence-electron chi connectivity index (χ1n) is 13.9. The van der Waals surface area contributed by atoms with E-state index in [1.807, 2.05) is 0 Å². The molecule has 1 fully saturated rings. The number of ketones is 2. The van der Waals surface area contributed by atoms with Gasteiger partial charge in [0.1, 0.15) is 23.4 Å². The van der Waals surface area contributed by atoms with Crippen LogP contribution in [-0.2, 0) is 15.9 Å². The molecule has 2 aromatic rings. The molecule has 8 N–H and O–H groups in total. The van der Waals surface area contributed by atoms with Gasteiger partial charge in [0.15, 0.2) is 12.1 Å². The van der Waals surface area contributed by atoms with Gasteiger partial charge in [-0.05, 0) is 13.0 Å². The molecular formula is C27H31NO11. The first-order valence-corrected chi connectivity index (χ1v) is 12.4. The Morgan fingerprint density at radius 3 is 2.59 bits per heavy atom. The van der Waals surface area contributed by atoms with E-state index < -0.39 is 114 Å². The van der Waals surface area contributed by atoms with Crippen molar-refractivity contribution in [2.24, 2.45) is 5.73 Å². The average molecular weight is 550 g/mol. The summed E-state index contributed by atoms with van der Waals surface area (Å²) in [6.07, 6.45) is -7.00. The summed E-state index contributed by atoms with van der Waals surface area (Å²) in [5, 5.41) is 64.6. The van der Waals surface area contributed by atoms with Gasteiger partial charge in [0, 0.05) is 42.0 Å². The number of aliphatic hydroxyl groups excluding tert-OH is 3. The number of rotatable bonds is 5. The third-order valence-corrected chi connectivity index (χ3v) is 7.86. The number of phenols is 2. The topological polar surface area (TPSA) is 209 Å². The van der Waals surface area contributed by atoms with Gasteiger partial charge < -0.3 is 50.6 Å². The number of methoxy groups -OCH3 is 1. The molecule has 1 saturated heterocycles. The Morgan fingerprint density at radius 2 is 1.92 bits per heavy atom. The zero-order valence-electron chi connectivity index (χ0n) is 23.8. The fourth-order valence-corrected chi connectivity index (χ4v) is 5.76. The number of carbonyl (C=O) groups is 2. The van der Waals surface area contributed by atoms with Gasteiger partial charge in [-0.15, -0.1) is 0 Å². The Bertz CT molecular complexity index is 1440. The minimum Gasteiger partial charge on any atom is -0.507 e. The number of hydrogen-bond acceptors (Lipinski definition) is 12. The highest BCUT2D eigenvalue weighted by Gasteiger charge is 2.50. The van der Waals surface area contributed by atoms with Crippen LogP contribution in [0.1, 0.15) is 73.0 Å². The quantitative estimate of drug-likeness (QED) is 0.163. The summed E-state index contributed by atoms with van der Waals surface area (Å²) in [5.41, 5.74) is 1.56. The van der Waals surface area contributed by atoms with E-state index in [0.29, 0.717) is 0 Å². The maximum atomic E-state index is 13.8. The summed E-state index contributed by atoms with van der Waals surface area (Å²) in [6.45, 7) is 0.683. The highest BCUT2D eigenvalue weighted by Crippen LogP contribution is 2.52. The molecule has 0 amide bonds. The lowest BCUT2D eigenvalue weighted by molar-refractivity contribution is -0.251. The molecule has 5 rings (SSSR count). The molecule has 1 aliphatic heterocycles. The number of carbonyl (C=O) groups excluding carboxylic acids is 2. The minimum atomic E-state index is -2.97. The van der Waals surface area contributed by atoms with Gasteiger partial charge >= 0.3 is 0 Å². The lowest BCUT2D eigenvalue weighted by Gasteiger charge is -2.44. The molecule has 3 aliphatic rings. The van der Waals surface area contributed by atoms with Gasteiger partial charge in [-0.3, -0.25) is 9.59 Å². The molecule has 0 aromatic heterocycles. The molecule has 12 heteroatoms. The molecule has 0 radical (unpaired) electrons. The average Bonchev–Trinajstić information content (AvgIpc) is 2.90. The summed E-state index contributed by atoms with van der Waals surface area (Å²) in [4.78, 5) is 27.4. The Hall–Kier alpha value is -3.10. The van der Waals surface area contributed by atoms with Crippen molar-refractivity contribution in [1.82, 2.24) is 0 Å². The number of benzene rings is 2. The van der Waals surface area contributed by atoms with Crippen molar-refractivity contribution in [3.05, 3.63) is 51.6 Å². The molecule has 210 valence electrons. The zero-order chi connectivity index (χ0) is 30.9. The summed E-state index contributed by atoms with van der Waals surface area (Å²) in [5.74, 6) is -3.91. The molecule has 0 spiro atoms. The smallest absolute Gasteiger partial charge is 0.202 e. The maximum Gasteiger partial charge on any atom is 0.202 e. The number of ether oxygens (including phenoxy) is 3. The van der Waals surface area contributed by atoms with Gasteiger partial charge in [0.05, 0.1) is 58.4 Å². The van der Waals surface area contributed by atoms with Crippen LogP contribution in [-0.4, -0.2) is 92.1 Å². The lowest BCUT2D eigenvalue weighted by atomic mass is 9.71. The van der Waals surface area contributed by atoms with E-state index in [1.165, 1.54) is 18.2 Å². The molecule has 1 heterocycles. The molecule has 0 bridgehead atoms. The summed E-state index contributed by atoms with van der Waals surface area (Å²) >= 11 is 0. The second-order valence-corrected chi connectivity index (χ2v) is 10.2. The predicted molar refractivity (Wildman–Crippen MR) is 133 cm³/mol. The molecule has 0 unspecified atom stereocenters. The molecular weight excluding hydrogens is 515 g/mol. The van der Waals surface area contributed by atoms with E-state index in [1.54, 1.807) is 6.92 Å². The van der Waals surface area contributed by atoms with Crippen LogP contribution in [0.5, 0.6) is 17.2 Å². The summed E-state index contributed by atoms with van der Waals surface area (Å²) in [7, 11) is -2.97. The number of phenolic OH excluding ortho intramolecular Hbond substituents is 2. The fourth-order valence-electron chi connectivity index (χ4n) is 5.76. The normalized spacial score (nSPS) is 32.3. The Balaban J connectivity index is 1.68. The van der Waals surface area contributed by atoms with E-state index in [2.05, 4.69) is 0 Å². The number of nitrogens with two attached hydrogens (primary N) is 1. The van der Waals surface area contributed by atoms with E-state index in [9.17, 15) is 40.2 Å². The van der Waals surface area contributed by atoms with E-state index in [4.69, 9.17) is 24.1 Å². The Morgan fingerprint density at radius 1 is 1.21 bits per heavy atom. The highest BCUT2D eigenvalue weighted by atomic mass is 16.7. The van der Waals surface area contributed by atoms with Crippen molar-refractivity contribution in [3.8, 4) is 17.2 Å². The predicted octanol–water partition coefficient (Wildman–Crippen LogP) is -0.207. The number of aromatic hydroxyl groups is 2. The fraction of sp³-hybridized carbons (Fsp3) is 0.481. The van der Waals surface area contributed by atoms with Gasteiger partial charge in [0.25, 0.3) is 0 Å². The molecule has 2 aromatic carbocycles. The Kier molecular flexibility index (Phi) is 5.98. The van der Waals surface area contributed by atoms with E-state index in [-0.39, 0.29) is 23.1 Å². The van der Waals surface area contributed by atoms with Crippen LogP contribution >= 0.6 is 0 Å². The second kappa shape index (κ2) is 9.82. The van der Waals surface area contributed by atoms with Crippen LogP contribution in [0.25, 0.3) is 0 Å². The molecule has 7 atom stereocenters. The molecule has 12 nitrogen and oxygen atoms in total. The zero-order valence-corrected chi connectivity index (χ0v) is 20.8. The number of fused-ring (bicyclic) bond motifs is 3. The van der Waals surface area contributed by atoms with Gasteiger partial charge in [0.2, 0.25) is 5.78 Å².